The van der Waals surface area contributed by atoms with Crippen molar-refractivity contribution in [1.82, 2.24) is 4.90 Å². The topological polar surface area (TPSA) is 70.0 Å². The molecule has 21 heavy (non-hydrogen) atoms. The van der Waals surface area contributed by atoms with Gasteiger partial charge in [-0.1, -0.05) is 37.3 Å². The lowest BCUT2D eigenvalue weighted by Crippen LogP contribution is -2.20. The van der Waals surface area contributed by atoms with E-state index in [0.717, 1.165) is 35.8 Å². The first-order valence-corrected chi connectivity index (χ1v) is 8.38. The molecule has 0 aliphatic rings. The van der Waals surface area contributed by atoms with Gasteiger partial charge in [-0.2, -0.15) is 0 Å². The van der Waals surface area contributed by atoms with Crippen molar-refractivity contribution in [2.75, 3.05) is 20.1 Å². The summed E-state index contributed by atoms with van der Waals surface area (Å²) in [5.74, 6) is 0.232. The van der Waals surface area contributed by atoms with E-state index in [2.05, 4.69) is 11.8 Å². The van der Waals surface area contributed by atoms with Crippen LogP contribution < -0.4 is 4.52 Å². The Morgan fingerprint density at radius 3 is 2.48 bits per heavy atom. The van der Waals surface area contributed by atoms with Gasteiger partial charge in [-0.25, -0.2) is 4.57 Å². The molecule has 6 heteroatoms. The molecule has 0 heterocycles. The van der Waals surface area contributed by atoms with Crippen molar-refractivity contribution in [2.24, 2.45) is 0 Å². The maximum Gasteiger partial charge on any atom is 0.524 e. The molecule has 0 amide bonds. The molecule has 5 nitrogen and oxygen atoms in total. The molecule has 0 saturated carbocycles. The fourth-order valence-electron chi connectivity index (χ4n) is 2.26. The second-order valence-electron chi connectivity index (χ2n) is 5.00. The van der Waals surface area contributed by atoms with E-state index < -0.39 is 7.82 Å². The van der Waals surface area contributed by atoms with Gasteiger partial charge >= 0.3 is 7.82 Å². The lowest BCUT2D eigenvalue weighted by atomic mass is 10.0. The van der Waals surface area contributed by atoms with E-state index in [4.69, 9.17) is 14.3 Å². The maximum absolute atomic E-state index is 11.1. The number of rotatable bonds is 6. The van der Waals surface area contributed by atoms with Gasteiger partial charge in [-0.15, -0.1) is 0 Å². The van der Waals surface area contributed by atoms with Crippen LogP contribution in [-0.4, -0.2) is 34.8 Å². The molecule has 2 aromatic carbocycles. The van der Waals surface area contributed by atoms with Crippen LogP contribution in [0.4, 0.5) is 0 Å². The monoisotopic (exact) mass is 309 g/mol. The van der Waals surface area contributed by atoms with Crippen LogP contribution in [0.3, 0.4) is 0 Å². The summed E-state index contributed by atoms with van der Waals surface area (Å²) >= 11 is 0. The summed E-state index contributed by atoms with van der Waals surface area (Å²) in [6.45, 7) is 3.92. The lowest BCUT2D eigenvalue weighted by Gasteiger charge is -2.16. The molecule has 0 aliphatic heterocycles. The molecule has 2 N–H and O–H groups in total. The third kappa shape index (κ3) is 4.29. The Bertz CT molecular complexity index is 663. The Kier molecular flexibility index (Phi) is 5.01. The van der Waals surface area contributed by atoms with Gasteiger partial charge in [0.05, 0.1) is 0 Å². The second kappa shape index (κ2) is 6.58. The van der Waals surface area contributed by atoms with Crippen molar-refractivity contribution >= 4 is 18.6 Å². The van der Waals surface area contributed by atoms with Crippen LogP contribution >= 0.6 is 7.82 Å². The van der Waals surface area contributed by atoms with Crippen molar-refractivity contribution in [3.8, 4) is 5.75 Å². The van der Waals surface area contributed by atoms with E-state index in [-0.39, 0.29) is 5.75 Å². The first-order valence-electron chi connectivity index (χ1n) is 6.85. The van der Waals surface area contributed by atoms with Crippen LogP contribution in [-0.2, 0) is 11.0 Å². The molecular formula is C15H20NO4P. The number of hydrogen-bond acceptors (Lipinski definition) is 3. The summed E-state index contributed by atoms with van der Waals surface area (Å²) in [6, 6.07) is 11.1. The number of fused-ring (bicyclic) bond motifs is 1. The van der Waals surface area contributed by atoms with Crippen LogP contribution in [0, 0.1) is 0 Å². The zero-order valence-electron chi connectivity index (χ0n) is 12.2. The van der Waals surface area contributed by atoms with Crippen molar-refractivity contribution < 1.29 is 18.9 Å². The Morgan fingerprint density at radius 1 is 1.19 bits per heavy atom. The fourth-order valence-corrected chi connectivity index (χ4v) is 2.67. The molecule has 0 fully saturated rings. The molecule has 0 unspecified atom stereocenters. The average molecular weight is 309 g/mol. The second-order valence-corrected chi connectivity index (χ2v) is 6.16. The standard InChI is InChI=1S/C15H20NO4P/c1-3-16(2)11-10-13-7-4-6-12-8-5-9-14(15(12)13)20-21(17,18)19/h4-9H,3,10-11H2,1-2H3,(H2,17,18,19). The maximum atomic E-state index is 11.1. The van der Waals surface area contributed by atoms with Gasteiger partial charge in [0, 0.05) is 11.9 Å². The Balaban J connectivity index is 2.43. The van der Waals surface area contributed by atoms with Crippen molar-refractivity contribution in [3.05, 3.63) is 42.0 Å². The highest BCUT2D eigenvalue weighted by atomic mass is 31.2. The van der Waals surface area contributed by atoms with Gasteiger partial charge in [-0.3, -0.25) is 9.79 Å². The van der Waals surface area contributed by atoms with E-state index in [9.17, 15) is 4.57 Å². The van der Waals surface area contributed by atoms with E-state index >= 15 is 0 Å². The summed E-state index contributed by atoms with van der Waals surface area (Å²) in [6.07, 6.45) is 0.795. The van der Waals surface area contributed by atoms with Gasteiger partial charge in [0.1, 0.15) is 5.75 Å². The predicted octanol–water partition coefficient (Wildman–Crippen LogP) is 2.81. The fraction of sp³-hybridized carbons (Fsp3) is 0.333. The van der Waals surface area contributed by atoms with Crippen molar-refractivity contribution in [2.45, 2.75) is 13.3 Å². The number of benzene rings is 2. The molecule has 0 bridgehead atoms. The molecule has 0 aliphatic carbocycles. The number of hydrogen-bond donors (Lipinski definition) is 2. The van der Waals surface area contributed by atoms with Crippen LogP contribution in [0.5, 0.6) is 5.75 Å². The summed E-state index contributed by atoms with van der Waals surface area (Å²) in [5, 5.41) is 1.69. The number of nitrogens with zero attached hydrogens (tertiary/aromatic N) is 1. The highest BCUT2D eigenvalue weighted by Crippen LogP contribution is 2.41. The summed E-state index contributed by atoms with van der Waals surface area (Å²) in [5.41, 5.74) is 1.02. The number of phosphoric acid groups is 1. The largest absolute Gasteiger partial charge is 0.524 e. The van der Waals surface area contributed by atoms with Gasteiger partial charge < -0.3 is 9.42 Å². The molecule has 0 atom stereocenters. The lowest BCUT2D eigenvalue weighted by molar-refractivity contribution is 0.284. The Morgan fingerprint density at radius 2 is 1.86 bits per heavy atom. The third-order valence-corrected chi connectivity index (χ3v) is 3.91. The average Bonchev–Trinajstić information content (AvgIpc) is 2.43. The molecule has 0 aromatic heterocycles. The minimum Gasteiger partial charge on any atom is -0.404 e. The highest BCUT2D eigenvalue weighted by Gasteiger charge is 2.18. The van der Waals surface area contributed by atoms with Crippen molar-refractivity contribution in [1.29, 1.82) is 0 Å². The summed E-state index contributed by atoms with van der Waals surface area (Å²) < 4.78 is 16.0. The van der Waals surface area contributed by atoms with Crippen LogP contribution in [0.2, 0.25) is 0 Å². The molecule has 0 radical (unpaired) electrons. The predicted molar refractivity (Wildman–Crippen MR) is 83.5 cm³/mol. The minimum absolute atomic E-state index is 0.232. The zero-order chi connectivity index (χ0) is 15.5. The van der Waals surface area contributed by atoms with Crippen LogP contribution in [0.25, 0.3) is 10.8 Å². The molecule has 114 valence electrons. The van der Waals surface area contributed by atoms with Gasteiger partial charge in [0.2, 0.25) is 0 Å². The Hall–Kier alpha value is -1.39. The third-order valence-electron chi connectivity index (χ3n) is 3.47. The zero-order valence-corrected chi connectivity index (χ0v) is 13.1. The summed E-state index contributed by atoms with van der Waals surface area (Å²) in [4.78, 5) is 20.3. The number of phosphoric ester groups is 1. The number of likely N-dealkylation sites (N-methyl/N-ethyl adjacent to an activating group) is 1. The van der Waals surface area contributed by atoms with E-state index in [1.54, 1.807) is 12.1 Å². The molecule has 2 rings (SSSR count). The Labute approximate surface area is 124 Å². The molecule has 0 saturated heterocycles. The SMILES string of the molecule is CCN(C)CCc1cccc2cccc(OP(=O)(O)O)c12. The molecular weight excluding hydrogens is 289 g/mol. The van der Waals surface area contributed by atoms with Crippen LogP contribution in [0.1, 0.15) is 12.5 Å². The quantitative estimate of drug-likeness (QED) is 0.803. The first-order chi connectivity index (χ1) is 9.90. The molecule has 2 aromatic rings. The van der Waals surface area contributed by atoms with Gasteiger partial charge in [0.15, 0.2) is 0 Å². The minimum atomic E-state index is -4.57. The van der Waals surface area contributed by atoms with Gasteiger partial charge in [-0.05, 0) is 37.0 Å². The van der Waals surface area contributed by atoms with E-state index in [1.807, 2.05) is 31.3 Å². The van der Waals surface area contributed by atoms with Crippen molar-refractivity contribution in [3.63, 3.8) is 0 Å². The normalized spacial score (nSPS) is 12.0. The first kappa shape index (κ1) is 16.0. The summed E-state index contributed by atoms with van der Waals surface area (Å²) in [7, 11) is -2.53. The molecule has 0 spiro atoms. The van der Waals surface area contributed by atoms with E-state index in [1.165, 1.54) is 0 Å². The highest BCUT2D eigenvalue weighted by molar-refractivity contribution is 7.46. The van der Waals surface area contributed by atoms with E-state index in [0.29, 0.717) is 0 Å². The van der Waals surface area contributed by atoms with Gasteiger partial charge in [0.25, 0.3) is 0 Å². The smallest absolute Gasteiger partial charge is 0.404 e. The van der Waals surface area contributed by atoms with Crippen LogP contribution in [0.15, 0.2) is 36.4 Å².